The molecule has 8 heteroatoms. The molecule has 2 saturated carbocycles. The molecule has 8 nitrogen and oxygen atoms in total. The fourth-order valence-electron chi connectivity index (χ4n) is 5.13. The first kappa shape index (κ1) is 24.3. The van der Waals surface area contributed by atoms with E-state index in [1.807, 2.05) is 18.2 Å². The highest BCUT2D eigenvalue weighted by atomic mass is 16.3. The van der Waals surface area contributed by atoms with Crippen molar-refractivity contribution in [2.45, 2.75) is 56.9 Å². The summed E-state index contributed by atoms with van der Waals surface area (Å²) >= 11 is 0. The Hall–Kier alpha value is -3.44. The van der Waals surface area contributed by atoms with Crippen LogP contribution in [0.25, 0.3) is 6.08 Å². The summed E-state index contributed by atoms with van der Waals surface area (Å²) in [5.74, 6) is 1.84. The maximum absolute atomic E-state index is 12.9. The zero-order chi connectivity index (χ0) is 25.1. The SMILES string of the molecule is C=Cc1cc(Nc2cc(C#N)c(N3CCN(C(=O)CCCCO)C(C4CC4)C3)nc2C2CC2)ccn1. The number of unbranched alkanes of at least 4 members (excludes halogenated alkanes) is 1. The van der Waals surface area contributed by atoms with Crippen molar-refractivity contribution >= 4 is 29.2 Å². The number of carbonyl (C=O) groups excluding carboxylic acids is 1. The van der Waals surface area contributed by atoms with Crippen LogP contribution in [0.2, 0.25) is 0 Å². The molecule has 1 atom stereocenters. The fourth-order valence-corrected chi connectivity index (χ4v) is 5.13. The molecule has 2 N–H and O–H groups in total. The van der Waals surface area contributed by atoms with Crippen LogP contribution in [0.3, 0.4) is 0 Å². The second-order valence-electron chi connectivity index (χ2n) is 10.1. The van der Waals surface area contributed by atoms with Gasteiger partial charge in [0, 0.05) is 50.5 Å². The lowest BCUT2D eigenvalue weighted by Gasteiger charge is -2.42. The van der Waals surface area contributed by atoms with Crippen LogP contribution < -0.4 is 10.2 Å². The molecular weight excluding hydrogens is 452 g/mol. The highest BCUT2D eigenvalue weighted by Crippen LogP contribution is 2.45. The standard InChI is InChI=1S/C28H34N6O2/c1-2-22-16-23(10-11-30-22)31-24-15-21(17-29)28(32-27(24)20-8-9-20)33-12-13-34(25(18-33)19-6-7-19)26(36)5-3-4-14-35/h2,10-11,15-16,19-20,25,35H,1,3-9,12-14,18H2,(H,30,31). The number of aliphatic hydroxyl groups is 1. The van der Waals surface area contributed by atoms with Gasteiger partial charge in [-0.25, -0.2) is 4.98 Å². The maximum Gasteiger partial charge on any atom is 0.222 e. The van der Waals surface area contributed by atoms with Crippen molar-refractivity contribution < 1.29 is 9.90 Å². The van der Waals surface area contributed by atoms with Gasteiger partial charge in [0.2, 0.25) is 5.91 Å². The van der Waals surface area contributed by atoms with E-state index in [1.165, 1.54) is 0 Å². The summed E-state index contributed by atoms with van der Waals surface area (Å²) in [5.41, 5.74) is 4.11. The zero-order valence-corrected chi connectivity index (χ0v) is 20.7. The van der Waals surface area contributed by atoms with Gasteiger partial charge in [-0.05, 0) is 68.7 Å². The molecule has 2 aromatic rings. The van der Waals surface area contributed by atoms with E-state index in [1.54, 1.807) is 12.3 Å². The summed E-state index contributed by atoms with van der Waals surface area (Å²) < 4.78 is 0. The van der Waals surface area contributed by atoms with Crippen molar-refractivity contribution in [1.29, 1.82) is 5.26 Å². The average Bonchev–Trinajstić information content (AvgIpc) is 3.82. The first-order valence-electron chi connectivity index (χ1n) is 13.1. The van der Waals surface area contributed by atoms with Crippen molar-refractivity contribution in [2.24, 2.45) is 5.92 Å². The van der Waals surface area contributed by atoms with Crippen LogP contribution >= 0.6 is 0 Å². The number of hydrogen-bond donors (Lipinski definition) is 2. The summed E-state index contributed by atoms with van der Waals surface area (Å²) in [6.07, 6.45) is 9.81. The van der Waals surface area contributed by atoms with E-state index >= 15 is 0 Å². The quantitative estimate of drug-likeness (QED) is 0.485. The first-order chi connectivity index (χ1) is 17.6. The molecule has 3 aliphatic rings. The Morgan fingerprint density at radius 2 is 2.08 bits per heavy atom. The number of amides is 1. The van der Waals surface area contributed by atoms with E-state index in [4.69, 9.17) is 10.1 Å². The fraction of sp³-hybridized carbons (Fsp3) is 0.500. The molecular formula is C28H34N6O2. The zero-order valence-electron chi connectivity index (χ0n) is 20.7. The molecule has 188 valence electrons. The number of nitriles is 1. The van der Waals surface area contributed by atoms with E-state index in [2.05, 4.69) is 32.7 Å². The molecule has 0 aromatic carbocycles. The van der Waals surface area contributed by atoms with Crippen molar-refractivity contribution in [2.75, 3.05) is 36.5 Å². The van der Waals surface area contributed by atoms with Gasteiger partial charge in [-0.3, -0.25) is 9.78 Å². The number of piperazine rings is 1. The van der Waals surface area contributed by atoms with Gasteiger partial charge in [0.1, 0.15) is 11.9 Å². The summed E-state index contributed by atoms with van der Waals surface area (Å²) in [6, 6.07) is 8.30. The van der Waals surface area contributed by atoms with Gasteiger partial charge in [0.05, 0.1) is 28.7 Å². The van der Waals surface area contributed by atoms with E-state index in [0.717, 1.165) is 60.7 Å². The van der Waals surface area contributed by atoms with E-state index < -0.39 is 0 Å². The van der Waals surface area contributed by atoms with Gasteiger partial charge in [-0.1, -0.05) is 6.58 Å². The molecule has 0 radical (unpaired) electrons. The van der Waals surface area contributed by atoms with E-state index in [9.17, 15) is 10.1 Å². The average molecular weight is 487 g/mol. The topological polar surface area (TPSA) is 105 Å². The minimum Gasteiger partial charge on any atom is -0.396 e. The number of pyridine rings is 2. The minimum atomic E-state index is 0.125. The summed E-state index contributed by atoms with van der Waals surface area (Å²) in [4.78, 5) is 26.6. The van der Waals surface area contributed by atoms with Gasteiger partial charge in [0.25, 0.3) is 0 Å². The van der Waals surface area contributed by atoms with Crippen molar-refractivity contribution in [3.63, 3.8) is 0 Å². The van der Waals surface area contributed by atoms with Crippen LogP contribution in [0, 0.1) is 17.2 Å². The predicted octanol–water partition coefficient (Wildman–Crippen LogP) is 4.20. The molecule has 0 spiro atoms. The molecule has 1 unspecified atom stereocenters. The van der Waals surface area contributed by atoms with Crippen LogP contribution in [0.5, 0.6) is 0 Å². The smallest absolute Gasteiger partial charge is 0.222 e. The van der Waals surface area contributed by atoms with E-state index in [-0.39, 0.29) is 18.6 Å². The van der Waals surface area contributed by atoms with Crippen LogP contribution in [0.4, 0.5) is 17.2 Å². The van der Waals surface area contributed by atoms with Gasteiger partial charge >= 0.3 is 0 Å². The highest BCUT2D eigenvalue weighted by molar-refractivity contribution is 5.77. The lowest BCUT2D eigenvalue weighted by molar-refractivity contribution is -0.134. The third-order valence-corrected chi connectivity index (χ3v) is 7.39. The van der Waals surface area contributed by atoms with Crippen LogP contribution in [0.15, 0.2) is 31.0 Å². The minimum absolute atomic E-state index is 0.125. The summed E-state index contributed by atoms with van der Waals surface area (Å²) in [5, 5.41) is 22.6. The van der Waals surface area contributed by atoms with Gasteiger partial charge in [-0.15, -0.1) is 0 Å². The molecule has 3 fully saturated rings. The predicted molar refractivity (Wildman–Crippen MR) is 140 cm³/mol. The van der Waals surface area contributed by atoms with Crippen molar-refractivity contribution in [1.82, 2.24) is 14.9 Å². The molecule has 5 rings (SSSR count). The molecule has 0 bridgehead atoms. The Morgan fingerprint density at radius 1 is 1.25 bits per heavy atom. The van der Waals surface area contributed by atoms with Crippen molar-refractivity contribution in [3.05, 3.63) is 47.9 Å². The first-order valence-corrected chi connectivity index (χ1v) is 13.1. The number of anilines is 3. The second-order valence-corrected chi connectivity index (χ2v) is 10.1. The van der Waals surface area contributed by atoms with Crippen LogP contribution in [-0.2, 0) is 4.79 Å². The van der Waals surface area contributed by atoms with Gasteiger partial charge in [0.15, 0.2) is 0 Å². The highest BCUT2D eigenvalue weighted by Gasteiger charge is 2.41. The number of rotatable bonds is 10. The molecule has 1 saturated heterocycles. The summed E-state index contributed by atoms with van der Waals surface area (Å²) in [7, 11) is 0. The normalized spacial score (nSPS) is 19.6. The molecule has 1 amide bonds. The Balaban J connectivity index is 1.39. The lowest BCUT2D eigenvalue weighted by atomic mass is 10.0. The number of aromatic nitrogens is 2. The molecule has 3 heterocycles. The number of nitrogens with one attached hydrogen (secondary N) is 1. The third kappa shape index (κ3) is 5.36. The van der Waals surface area contributed by atoms with Crippen LogP contribution in [-0.4, -0.2) is 58.2 Å². The largest absolute Gasteiger partial charge is 0.396 e. The van der Waals surface area contributed by atoms with Crippen LogP contribution in [0.1, 0.15) is 67.8 Å². The van der Waals surface area contributed by atoms with Gasteiger partial charge < -0.3 is 20.2 Å². The molecule has 1 aliphatic heterocycles. The van der Waals surface area contributed by atoms with Crippen molar-refractivity contribution in [3.8, 4) is 6.07 Å². The molecule has 2 aliphatic carbocycles. The molecule has 36 heavy (non-hydrogen) atoms. The number of aliphatic hydroxyl groups excluding tert-OH is 1. The molecule has 2 aromatic heterocycles. The number of nitrogens with zero attached hydrogens (tertiary/aromatic N) is 5. The lowest BCUT2D eigenvalue weighted by Crippen LogP contribution is -2.56. The second kappa shape index (κ2) is 10.7. The Morgan fingerprint density at radius 3 is 2.78 bits per heavy atom. The summed E-state index contributed by atoms with van der Waals surface area (Å²) in [6.45, 7) is 5.94. The van der Waals surface area contributed by atoms with Gasteiger partial charge in [-0.2, -0.15) is 5.26 Å². The Kier molecular flexibility index (Phi) is 7.19. The van der Waals surface area contributed by atoms with E-state index in [0.29, 0.717) is 49.9 Å². The third-order valence-electron chi connectivity index (χ3n) is 7.39. The monoisotopic (exact) mass is 486 g/mol. The number of hydrogen-bond acceptors (Lipinski definition) is 7. The Labute approximate surface area is 212 Å². The maximum atomic E-state index is 12.9. The Bertz CT molecular complexity index is 1170. The number of carbonyl (C=O) groups is 1.